The van der Waals surface area contributed by atoms with Gasteiger partial charge in [-0.05, 0) is 26.3 Å². The summed E-state index contributed by atoms with van der Waals surface area (Å²) in [5.41, 5.74) is 3.17. The van der Waals surface area contributed by atoms with Crippen LogP contribution in [0.1, 0.15) is 35.8 Å². The molecule has 1 atom stereocenters. The Morgan fingerprint density at radius 1 is 0.927 bits per heavy atom. The van der Waals surface area contributed by atoms with Crippen LogP contribution in [0.2, 0.25) is 0 Å². The maximum atomic E-state index is 13.5. The molecule has 0 saturated carbocycles. The van der Waals surface area contributed by atoms with Crippen LogP contribution in [0.15, 0.2) is 60.7 Å². The minimum atomic E-state index is -1.09. The van der Waals surface area contributed by atoms with E-state index in [0.29, 0.717) is 17.1 Å². The molecule has 0 bridgehead atoms. The van der Waals surface area contributed by atoms with Crippen LogP contribution in [-0.4, -0.2) is 87.6 Å². The van der Waals surface area contributed by atoms with Crippen LogP contribution in [0, 0.1) is 6.92 Å². The van der Waals surface area contributed by atoms with E-state index in [1.165, 1.54) is 9.80 Å². The SMILES string of the molecule is CCOC(=O)N1CCN(C(=O)[C@H](CCC(=O)O)NC(=O)c2cc(-c3ccc(C)cc3)nc(-c3ccccc3)n2)CC1. The van der Waals surface area contributed by atoms with E-state index in [2.05, 4.69) is 15.3 Å². The van der Waals surface area contributed by atoms with Crippen molar-refractivity contribution in [1.29, 1.82) is 0 Å². The largest absolute Gasteiger partial charge is 0.481 e. The number of hydrogen-bond donors (Lipinski definition) is 2. The van der Waals surface area contributed by atoms with Gasteiger partial charge in [0.15, 0.2) is 5.82 Å². The number of amides is 3. The molecule has 3 amide bonds. The number of aryl methyl sites for hydroxylation is 1. The van der Waals surface area contributed by atoms with Gasteiger partial charge in [-0.1, -0.05) is 60.2 Å². The first kappa shape index (κ1) is 29.2. The van der Waals surface area contributed by atoms with Gasteiger partial charge >= 0.3 is 12.1 Å². The summed E-state index contributed by atoms with van der Waals surface area (Å²) in [5, 5.41) is 12.0. The highest BCUT2D eigenvalue weighted by Crippen LogP contribution is 2.23. The molecule has 2 heterocycles. The summed E-state index contributed by atoms with van der Waals surface area (Å²) in [7, 11) is 0. The van der Waals surface area contributed by atoms with E-state index in [0.717, 1.165) is 11.1 Å². The van der Waals surface area contributed by atoms with Gasteiger partial charge in [0, 0.05) is 43.7 Å². The lowest BCUT2D eigenvalue weighted by Gasteiger charge is -2.35. The maximum absolute atomic E-state index is 13.5. The third-order valence-corrected chi connectivity index (χ3v) is 6.71. The van der Waals surface area contributed by atoms with Crippen LogP contribution in [0.4, 0.5) is 4.79 Å². The molecule has 2 N–H and O–H groups in total. The Morgan fingerprint density at radius 2 is 1.59 bits per heavy atom. The zero-order valence-electron chi connectivity index (χ0n) is 23.1. The monoisotopic (exact) mass is 559 g/mol. The van der Waals surface area contributed by atoms with Gasteiger partial charge in [-0.25, -0.2) is 14.8 Å². The number of nitrogens with one attached hydrogen (secondary N) is 1. The third-order valence-electron chi connectivity index (χ3n) is 6.71. The van der Waals surface area contributed by atoms with Crippen molar-refractivity contribution in [3.8, 4) is 22.6 Å². The quantitative estimate of drug-likeness (QED) is 0.406. The molecule has 4 rings (SSSR count). The molecule has 3 aromatic rings. The molecule has 1 aliphatic heterocycles. The van der Waals surface area contributed by atoms with Crippen LogP contribution in [0.3, 0.4) is 0 Å². The minimum Gasteiger partial charge on any atom is -0.481 e. The van der Waals surface area contributed by atoms with Crippen molar-refractivity contribution in [2.45, 2.75) is 32.7 Å². The molecule has 214 valence electrons. The first-order valence-electron chi connectivity index (χ1n) is 13.5. The first-order chi connectivity index (χ1) is 19.7. The summed E-state index contributed by atoms with van der Waals surface area (Å²) in [6, 6.07) is 17.4. The number of ether oxygens (including phenoxy) is 1. The highest BCUT2D eigenvalue weighted by atomic mass is 16.6. The van der Waals surface area contributed by atoms with Crippen molar-refractivity contribution in [1.82, 2.24) is 25.1 Å². The molecule has 11 nitrogen and oxygen atoms in total. The van der Waals surface area contributed by atoms with Crippen molar-refractivity contribution in [3.05, 3.63) is 71.9 Å². The van der Waals surface area contributed by atoms with Crippen molar-refractivity contribution in [3.63, 3.8) is 0 Å². The fourth-order valence-electron chi connectivity index (χ4n) is 4.45. The Hall–Kier alpha value is -4.80. The second-order valence-corrected chi connectivity index (χ2v) is 9.66. The van der Waals surface area contributed by atoms with E-state index >= 15 is 0 Å². The van der Waals surface area contributed by atoms with Crippen LogP contribution in [-0.2, 0) is 14.3 Å². The average molecular weight is 560 g/mol. The van der Waals surface area contributed by atoms with Crippen molar-refractivity contribution >= 4 is 23.9 Å². The minimum absolute atomic E-state index is 0.0506. The number of benzene rings is 2. The van der Waals surface area contributed by atoms with Gasteiger partial charge in [0.25, 0.3) is 5.91 Å². The summed E-state index contributed by atoms with van der Waals surface area (Å²) in [5.74, 6) is -1.78. The van der Waals surface area contributed by atoms with Crippen LogP contribution >= 0.6 is 0 Å². The van der Waals surface area contributed by atoms with Gasteiger partial charge in [0.2, 0.25) is 5.91 Å². The van der Waals surface area contributed by atoms with Gasteiger partial charge in [0.1, 0.15) is 11.7 Å². The zero-order chi connectivity index (χ0) is 29.4. The van der Waals surface area contributed by atoms with E-state index < -0.39 is 29.9 Å². The molecule has 0 aliphatic carbocycles. The number of hydrogen-bond acceptors (Lipinski definition) is 7. The van der Waals surface area contributed by atoms with E-state index in [4.69, 9.17) is 4.74 Å². The number of aromatic nitrogens is 2. The number of carbonyl (C=O) groups excluding carboxylic acids is 3. The summed E-state index contributed by atoms with van der Waals surface area (Å²) < 4.78 is 5.03. The van der Waals surface area contributed by atoms with Crippen molar-refractivity contribution in [2.24, 2.45) is 0 Å². The Kier molecular flexibility index (Phi) is 9.62. The number of aliphatic carboxylic acids is 1. The first-order valence-corrected chi connectivity index (χ1v) is 13.5. The molecule has 11 heteroatoms. The summed E-state index contributed by atoms with van der Waals surface area (Å²) >= 11 is 0. The maximum Gasteiger partial charge on any atom is 0.409 e. The number of carboxylic acid groups (broad SMARTS) is 1. The lowest BCUT2D eigenvalue weighted by atomic mass is 10.1. The number of nitrogens with zero attached hydrogens (tertiary/aromatic N) is 4. The fourth-order valence-corrected chi connectivity index (χ4v) is 4.45. The van der Waals surface area contributed by atoms with Crippen molar-refractivity contribution < 1.29 is 29.0 Å². The summed E-state index contributed by atoms with van der Waals surface area (Å²) in [4.78, 5) is 62.6. The lowest BCUT2D eigenvalue weighted by Crippen LogP contribution is -2.56. The Morgan fingerprint density at radius 3 is 2.22 bits per heavy atom. The van der Waals surface area contributed by atoms with E-state index in [1.54, 1.807) is 13.0 Å². The van der Waals surface area contributed by atoms with Crippen LogP contribution < -0.4 is 5.32 Å². The van der Waals surface area contributed by atoms with Gasteiger partial charge in [-0.3, -0.25) is 14.4 Å². The van der Waals surface area contributed by atoms with Gasteiger partial charge in [0.05, 0.1) is 12.3 Å². The second kappa shape index (κ2) is 13.5. The predicted molar refractivity (Wildman–Crippen MR) is 151 cm³/mol. The predicted octanol–water partition coefficient (Wildman–Crippen LogP) is 3.38. The van der Waals surface area contributed by atoms with Gasteiger partial charge in [-0.2, -0.15) is 0 Å². The molecular weight excluding hydrogens is 526 g/mol. The Labute approximate surface area is 238 Å². The number of carboxylic acids is 1. The average Bonchev–Trinajstić information content (AvgIpc) is 2.99. The fraction of sp³-hybridized carbons (Fsp3) is 0.333. The zero-order valence-corrected chi connectivity index (χ0v) is 23.1. The molecule has 41 heavy (non-hydrogen) atoms. The van der Waals surface area contributed by atoms with Gasteiger partial charge in [-0.15, -0.1) is 0 Å². The molecule has 2 aromatic carbocycles. The van der Waals surface area contributed by atoms with E-state index in [-0.39, 0.29) is 51.3 Å². The highest BCUT2D eigenvalue weighted by Gasteiger charge is 2.31. The van der Waals surface area contributed by atoms with Crippen LogP contribution in [0.5, 0.6) is 0 Å². The summed E-state index contributed by atoms with van der Waals surface area (Å²) in [6.45, 7) is 4.97. The summed E-state index contributed by atoms with van der Waals surface area (Å²) in [6.07, 6.45) is -0.857. The lowest BCUT2D eigenvalue weighted by molar-refractivity contribution is -0.138. The molecule has 0 unspecified atom stereocenters. The van der Waals surface area contributed by atoms with Crippen molar-refractivity contribution in [2.75, 3.05) is 32.8 Å². The smallest absolute Gasteiger partial charge is 0.409 e. The molecule has 1 aromatic heterocycles. The molecular formula is C30H33N5O6. The van der Waals surface area contributed by atoms with Gasteiger partial charge < -0.3 is 25.0 Å². The number of piperazine rings is 1. The normalized spacial score (nSPS) is 13.8. The molecule has 0 radical (unpaired) electrons. The highest BCUT2D eigenvalue weighted by molar-refractivity contribution is 5.97. The molecule has 0 spiro atoms. The molecule has 1 fully saturated rings. The Balaban J connectivity index is 1.58. The van der Waals surface area contributed by atoms with E-state index in [1.807, 2.05) is 61.5 Å². The molecule has 1 aliphatic rings. The van der Waals surface area contributed by atoms with Crippen LogP contribution in [0.25, 0.3) is 22.6 Å². The topological polar surface area (TPSA) is 142 Å². The number of carbonyl (C=O) groups is 4. The second-order valence-electron chi connectivity index (χ2n) is 9.66. The third kappa shape index (κ3) is 7.65. The Bertz CT molecular complexity index is 1390. The molecule has 1 saturated heterocycles. The number of rotatable bonds is 9. The standard InChI is InChI=1S/C30H33N5O6/c1-3-41-30(40)35-17-15-34(16-18-35)29(39)23(13-14-26(36)37)33-28(38)25-19-24(21-11-9-20(2)10-12-21)31-27(32-25)22-7-5-4-6-8-22/h4-12,19,23H,3,13-18H2,1-2H3,(H,33,38)(H,36,37)/t23-/m0/s1. The van der Waals surface area contributed by atoms with E-state index in [9.17, 15) is 24.3 Å².